The molecule has 0 unspecified atom stereocenters. The quantitative estimate of drug-likeness (QED) is 0.365. The molecule has 1 heterocycles. The maximum absolute atomic E-state index is 13.7. The molecule has 1 saturated carbocycles. The minimum Gasteiger partial charge on any atom is -0.497 e. The van der Waals surface area contributed by atoms with Crippen molar-refractivity contribution in [3.05, 3.63) is 48.0 Å². The molecule has 0 saturated heterocycles. The van der Waals surface area contributed by atoms with Crippen molar-refractivity contribution in [2.75, 3.05) is 37.4 Å². The van der Waals surface area contributed by atoms with E-state index in [1.165, 1.54) is 10.7 Å². The highest BCUT2D eigenvalue weighted by Gasteiger charge is 2.30. The smallest absolute Gasteiger partial charge is 0.243 e. The SMILES string of the molecule is CC[C@H](C(=O)NC1CCCCC1)N(Cc1ccc(OC)cc1)C(=O)CCCN(c1ccc2c(c1)OCCO2)S(C)(=O)=O. The van der Waals surface area contributed by atoms with Crippen LogP contribution in [0.1, 0.15) is 63.9 Å². The van der Waals surface area contributed by atoms with Crippen LogP contribution in [0.15, 0.2) is 42.5 Å². The molecule has 42 heavy (non-hydrogen) atoms. The van der Waals surface area contributed by atoms with E-state index in [4.69, 9.17) is 14.2 Å². The van der Waals surface area contributed by atoms with E-state index < -0.39 is 16.1 Å². The van der Waals surface area contributed by atoms with Gasteiger partial charge < -0.3 is 24.4 Å². The Hall–Kier alpha value is -3.47. The Morgan fingerprint density at radius 2 is 1.71 bits per heavy atom. The second-order valence-electron chi connectivity index (χ2n) is 10.9. The van der Waals surface area contributed by atoms with E-state index in [9.17, 15) is 18.0 Å². The topological polar surface area (TPSA) is 114 Å². The maximum atomic E-state index is 13.7. The summed E-state index contributed by atoms with van der Waals surface area (Å²) in [7, 11) is -2.04. The van der Waals surface area contributed by atoms with Crippen molar-refractivity contribution >= 4 is 27.5 Å². The van der Waals surface area contributed by atoms with Crippen molar-refractivity contribution in [3.8, 4) is 17.2 Å². The first kappa shape index (κ1) is 31.5. The molecule has 2 aromatic carbocycles. The van der Waals surface area contributed by atoms with Crippen molar-refractivity contribution in [2.24, 2.45) is 0 Å². The van der Waals surface area contributed by atoms with Crippen LogP contribution in [0.2, 0.25) is 0 Å². The lowest BCUT2D eigenvalue weighted by Gasteiger charge is -2.33. The number of sulfonamides is 1. The number of amides is 2. The van der Waals surface area contributed by atoms with Gasteiger partial charge in [0.15, 0.2) is 11.5 Å². The predicted octanol–water partition coefficient (Wildman–Crippen LogP) is 4.27. The molecule has 1 N–H and O–H groups in total. The zero-order chi connectivity index (χ0) is 30.1. The van der Waals surface area contributed by atoms with Crippen LogP contribution in [0, 0.1) is 0 Å². The summed E-state index contributed by atoms with van der Waals surface area (Å²) in [5.74, 6) is 1.43. The number of rotatable bonds is 13. The van der Waals surface area contributed by atoms with E-state index in [-0.39, 0.29) is 43.8 Å². The predicted molar refractivity (Wildman–Crippen MR) is 161 cm³/mol. The second kappa shape index (κ2) is 14.6. The molecule has 10 nitrogen and oxygen atoms in total. The third-order valence-electron chi connectivity index (χ3n) is 7.82. The number of carbonyl (C=O) groups is 2. The van der Waals surface area contributed by atoms with Crippen LogP contribution in [0.25, 0.3) is 0 Å². The van der Waals surface area contributed by atoms with Crippen molar-refractivity contribution < 1.29 is 32.2 Å². The molecule has 2 amide bonds. The van der Waals surface area contributed by atoms with Crippen molar-refractivity contribution in [1.29, 1.82) is 0 Å². The molecule has 230 valence electrons. The van der Waals surface area contributed by atoms with Gasteiger partial charge in [-0.1, -0.05) is 38.3 Å². The number of carbonyl (C=O) groups excluding carboxylic acids is 2. The Bertz CT molecular complexity index is 1310. The lowest BCUT2D eigenvalue weighted by molar-refractivity contribution is -0.141. The molecule has 1 aliphatic carbocycles. The van der Waals surface area contributed by atoms with Gasteiger partial charge in [-0.3, -0.25) is 13.9 Å². The maximum Gasteiger partial charge on any atom is 0.243 e. The van der Waals surface area contributed by atoms with Crippen molar-refractivity contribution in [2.45, 2.75) is 76.9 Å². The zero-order valence-corrected chi connectivity index (χ0v) is 25.7. The van der Waals surface area contributed by atoms with Crippen LogP contribution in [-0.4, -0.2) is 70.3 Å². The van der Waals surface area contributed by atoms with Gasteiger partial charge in [0.2, 0.25) is 21.8 Å². The molecule has 0 bridgehead atoms. The Morgan fingerprint density at radius 1 is 1.02 bits per heavy atom. The summed E-state index contributed by atoms with van der Waals surface area (Å²) in [6.07, 6.45) is 7.25. The molecular formula is C31H43N3O7S. The number of anilines is 1. The summed E-state index contributed by atoms with van der Waals surface area (Å²) >= 11 is 0. The highest BCUT2D eigenvalue weighted by atomic mass is 32.2. The van der Waals surface area contributed by atoms with E-state index in [1.807, 2.05) is 31.2 Å². The fourth-order valence-corrected chi connectivity index (χ4v) is 6.54. The third kappa shape index (κ3) is 8.30. The standard InChI is InChI=1S/C31H43N3O7S/c1-4-27(31(36)32-24-9-6-5-7-10-24)33(22-23-12-15-26(39-2)16-13-23)30(35)11-8-18-34(42(3,37)38)25-14-17-28-29(21-25)41-20-19-40-28/h12-17,21,24,27H,4-11,18-20,22H2,1-3H3,(H,32,36)/t27-/m1/s1. The minimum absolute atomic E-state index is 0.0833. The van der Waals surface area contributed by atoms with Crippen LogP contribution in [0.3, 0.4) is 0 Å². The molecule has 1 fully saturated rings. The van der Waals surface area contributed by atoms with Gasteiger partial charge in [0.25, 0.3) is 0 Å². The van der Waals surface area contributed by atoms with E-state index >= 15 is 0 Å². The Morgan fingerprint density at radius 3 is 2.36 bits per heavy atom. The molecular weight excluding hydrogens is 558 g/mol. The molecule has 1 atom stereocenters. The van der Waals surface area contributed by atoms with Crippen LogP contribution in [-0.2, 0) is 26.2 Å². The number of benzene rings is 2. The first-order chi connectivity index (χ1) is 20.2. The number of fused-ring (bicyclic) bond motifs is 1. The van der Waals surface area contributed by atoms with Gasteiger partial charge in [-0.05, 0) is 55.5 Å². The van der Waals surface area contributed by atoms with Crippen LogP contribution in [0.5, 0.6) is 17.2 Å². The molecule has 2 aromatic rings. The normalized spacial score (nSPS) is 15.9. The second-order valence-corrected chi connectivity index (χ2v) is 12.8. The van der Waals surface area contributed by atoms with Gasteiger partial charge in [0, 0.05) is 31.6 Å². The van der Waals surface area contributed by atoms with Crippen LogP contribution >= 0.6 is 0 Å². The molecule has 0 radical (unpaired) electrons. The summed E-state index contributed by atoms with van der Waals surface area (Å²) in [5.41, 5.74) is 1.32. The largest absolute Gasteiger partial charge is 0.497 e. The summed E-state index contributed by atoms with van der Waals surface area (Å²) in [6, 6.07) is 12.0. The fourth-order valence-electron chi connectivity index (χ4n) is 5.58. The number of hydrogen-bond donors (Lipinski definition) is 1. The summed E-state index contributed by atoms with van der Waals surface area (Å²) in [5, 5.41) is 3.19. The summed E-state index contributed by atoms with van der Waals surface area (Å²) < 4.78 is 43.2. The molecule has 11 heteroatoms. The number of ether oxygens (including phenoxy) is 3. The zero-order valence-electron chi connectivity index (χ0n) is 24.8. The molecule has 0 spiro atoms. The first-order valence-electron chi connectivity index (χ1n) is 14.8. The number of nitrogens with one attached hydrogen (secondary N) is 1. The van der Waals surface area contributed by atoms with Crippen molar-refractivity contribution in [3.63, 3.8) is 0 Å². The van der Waals surface area contributed by atoms with Gasteiger partial charge in [0.1, 0.15) is 25.0 Å². The monoisotopic (exact) mass is 601 g/mol. The van der Waals surface area contributed by atoms with Crippen molar-refractivity contribution in [1.82, 2.24) is 10.2 Å². The average molecular weight is 602 g/mol. The van der Waals surface area contributed by atoms with Gasteiger partial charge in [0.05, 0.1) is 19.1 Å². The molecule has 1 aliphatic heterocycles. The van der Waals surface area contributed by atoms with Gasteiger partial charge >= 0.3 is 0 Å². The molecule has 2 aliphatic rings. The van der Waals surface area contributed by atoms with Gasteiger partial charge in [-0.2, -0.15) is 0 Å². The number of methoxy groups -OCH3 is 1. The Kier molecular flexibility index (Phi) is 11.0. The average Bonchev–Trinajstić information content (AvgIpc) is 2.99. The van der Waals surface area contributed by atoms with Gasteiger partial charge in [-0.15, -0.1) is 0 Å². The van der Waals surface area contributed by atoms with E-state index in [2.05, 4.69) is 5.32 Å². The minimum atomic E-state index is -3.63. The van der Waals surface area contributed by atoms with E-state index in [1.54, 1.807) is 30.2 Å². The number of nitrogens with zero attached hydrogens (tertiary/aromatic N) is 2. The molecule has 0 aromatic heterocycles. The highest BCUT2D eigenvalue weighted by Crippen LogP contribution is 2.35. The van der Waals surface area contributed by atoms with Crippen LogP contribution < -0.4 is 23.8 Å². The fraction of sp³-hybridized carbons (Fsp3) is 0.548. The Balaban J connectivity index is 1.48. The lowest BCUT2D eigenvalue weighted by atomic mass is 9.95. The highest BCUT2D eigenvalue weighted by molar-refractivity contribution is 7.92. The third-order valence-corrected chi connectivity index (χ3v) is 9.01. The lowest BCUT2D eigenvalue weighted by Crippen LogP contribution is -2.51. The summed E-state index contributed by atoms with van der Waals surface area (Å²) in [4.78, 5) is 28.8. The number of hydrogen-bond acceptors (Lipinski definition) is 7. The van der Waals surface area contributed by atoms with Crippen LogP contribution in [0.4, 0.5) is 5.69 Å². The Labute approximate surface area is 249 Å². The van der Waals surface area contributed by atoms with Gasteiger partial charge in [-0.25, -0.2) is 8.42 Å². The molecule has 4 rings (SSSR count). The first-order valence-corrected chi connectivity index (χ1v) is 16.6. The van der Waals surface area contributed by atoms with E-state index in [0.29, 0.717) is 42.6 Å². The summed E-state index contributed by atoms with van der Waals surface area (Å²) in [6.45, 7) is 3.10. The van der Waals surface area contributed by atoms with E-state index in [0.717, 1.165) is 37.5 Å².